The standard InChI is InChI=1S/C21H20F2INO3/c1-11-16(9-12-7-8-13(22)18(23)19(12)25-11)28-15-6-4-5-14(24)17(15)20(27)21(2,3)10-26/h4-9,20,26-27H,10H2,1-3H3. The van der Waals surface area contributed by atoms with Crippen LogP contribution in [0.2, 0.25) is 0 Å². The first-order chi connectivity index (χ1) is 13.2. The van der Waals surface area contributed by atoms with Crippen LogP contribution >= 0.6 is 22.6 Å². The second-order valence-electron chi connectivity index (χ2n) is 7.31. The Morgan fingerprint density at radius 3 is 2.57 bits per heavy atom. The highest BCUT2D eigenvalue weighted by molar-refractivity contribution is 14.1. The molecule has 0 amide bonds. The molecule has 0 fully saturated rings. The SMILES string of the molecule is Cc1nc2c(F)c(F)ccc2cc1Oc1cccc(I)c1C(O)C(C)(C)CO. The summed E-state index contributed by atoms with van der Waals surface area (Å²) >= 11 is 2.10. The number of hydrogen-bond donors (Lipinski definition) is 2. The first-order valence-corrected chi connectivity index (χ1v) is 9.74. The van der Waals surface area contributed by atoms with E-state index in [1.54, 1.807) is 39.0 Å². The fourth-order valence-electron chi connectivity index (χ4n) is 2.82. The molecule has 0 aliphatic heterocycles. The van der Waals surface area contributed by atoms with Gasteiger partial charge in [0, 0.05) is 19.9 Å². The van der Waals surface area contributed by atoms with Crippen LogP contribution in [0, 0.1) is 27.5 Å². The van der Waals surface area contributed by atoms with Gasteiger partial charge in [-0.25, -0.2) is 13.8 Å². The number of aryl methyl sites for hydroxylation is 1. The smallest absolute Gasteiger partial charge is 0.184 e. The average molecular weight is 499 g/mol. The van der Waals surface area contributed by atoms with Crippen molar-refractivity contribution < 1.29 is 23.7 Å². The Kier molecular flexibility index (Phi) is 5.88. The normalized spacial score (nSPS) is 13.0. The molecule has 1 atom stereocenters. The number of aliphatic hydroxyl groups is 2. The van der Waals surface area contributed by atoms with Crippen LogP contribution in [0.4, 0.5) is 8.78 Å². The van der Waals surface area contributed by atoms with Crippen molar-refractivity contribution in [1.82, 2.24) is 4.98 Å². The maximum absolute atomic E-state index is 14.0. The van der Waals surface area contributed by atoms with Gasteiger partial charge in [-0.05, 0) is 59.8 Å². The maximum Gasteiger partial charge on any atom is 0.184 e. The van der Waals surface area contributed by atoms with Crippen molar-refractivity contribution in [2.24, 2.45) is 5.41 Å². The van der Waals surface area contributed by atoms with Gasteiger partial charge in [0.2, 0.25) is 0 Å². The topological polar surface area (TPSA) is 62.6 Å². The lowest BCUT2D eigenvalue weighted by Gasteiger charge is -2.30. The second kappa shape index (κ2) is 7.88. The van der Waals surface area contributed by atoms with Crippen molar-refractivity contribution in [3.63, 3.8) is 0 Å². The lowest BCUT2D eigenvalue weighted by molar-refractivity contribution is 0.00477. The maximum atomic E-state index is 14.0. The van der Waals surface area contributed by atoms with E-state index in [0.29, 0.717) is 28.1 Å². The predicted molar refractivity (Wildman–Crippen MR) is 111 cm³/mol. The number of fused-ring (bicyclic) bond motifs is 1. The molecule has 2 aromatic carbocycles. The minimum atomic E-state index is -0.998. The molecule has 0 aliphatic carbocycles. The molecule has 1 unspecified atom stereocenters. The lowest BCUT2D eigenvalue weighted by Crippen LogP contribution is -2.27. The fraction of sp³-hybridized carbons (Fsp3) is 0.286. The first kappa shape index (κ1) is 20.9. The van der Waals surface area contributed by atoms with Crippen LogP contribution in [0.3, 0.4) is 0 Å². The van der Waals surface area contributed by atoms with Gasteiger partial charge in [-0.2, -0.15) is 0 Å². The largest absolute Gasteiger partial charge is 0.455 e. The lowest BCUT2D eigenvalue weighted by atomic mass is 9.83. The molecule has 1 aromatic heterocycles. The summed E-state index contributed by atoms with van der Waals surface area (Å²) in [6, 6.07) is 9.41. The molecule has 0 radical (unpaired) electrons. The van der Waals surface area contributed by atoms with Gasteiger partial charge in [-0.3, -0.25) is 0 Å². The van der Waals surface area contributed by atoms with Crippen molar-refractivity contribution in [3.8, 4) is 11.5 Å². The predicted octanol–water partition coefficient (Wildman–Crippen LogP) is 5.27. The molecule has 2 N–H and O–H groups in total. The Morgan fingerprint density at radius 2 is 1.89 bits per heavy atom. The number of halogens is 3. The Bertz CT molecular complexity index is 1040. The molecule has 0 saturated carbocycles. The van der Waals surface area contributed by atoms with Crippen molar-refractivity contribution in [2.75, 3.05) is 6.61 Å². The number of hydrogen-bond acceptors (Lipinski definition) is 4. The zero-order chi connectivity index (χ0) is 20.6. The van der Waals surface area contributed by atoms with Crippen LogP contribution < -0.4 is 4.74 Å². The average Bonchev–Trinajstić information content (AvgIpc) is 2.66. The van der Waals surface area contributed by atoms with Crippen LogP contribution in [-0.4, -0.2) is 21.8 Å². The highest BCUT2D eigenvalue weighted by atomic mass is 127. The molecule has 148 valence electrons. The minimum absolute atomic E-state index is 0.0610. The summed E-state index contributed by atoms with van der Waals surface area (Å²) in [6.07, 6.45) is -0.971. The van der Waals surface area contributed by atoms with Crippen LogP contribution in [-0.2, 0) is 0 Å². The summed E-state index contributed by atoms with van der Waals surface area (Å²) in [5.41, 5.74) is 0.0929. The summed E-state index contributed by atoms with van der Waals surface area (Å²) in [5, 5.41) is 20.9. The Morgan fingerprint density at radius 1 is 1.18 bits per heavy atom. The van der Waals surface area contributed by atoms with E-state index in [-0.39, 0.29) is 12.1 Å². The molecule has 4 nitrogen and oxygen atoms in total. The Labute approximate surface area is 175 Å². The molecule has 1 heterocycles. The molecule has 0 saturated heterocycles. The molecule has 3 rings (SSSR count). The molecule has 0 aliphatic rings. The third kappa shape index (κ3) is 3.83. The number of aliphatic hydroxyl groups excluding tert-OH is 2. The van der Waals surface area contributed by atoms with Crippen LogP contribution in [0.25, 0.3) is 10.9 Å². The van der Waals surface area contributed by atoms with Crippen LogP contribution in [0.1, 0.15) is 31.2 Å². The number of rotatable bonds is 5. The van der Waals surface area contributed by atoms with E-state index in [9.17, 15) is 19.0 Å². The zero-order valence-electron chi connectivity index (χ0n) is 15.6. The summed E-state index contributed by atoms with van der Waals surface area (Å²) < 4.78 is 34.3. The minimum Gasteiger partial charge on any atom is -0.455 e. The first-order valence-electron chi connectivity index (χ1n) is 8.66. The molecule has 0 bridgehead atoms. The number of nitrogens with zero attached hydrogens (tertiary/aromatic N) is 1. The van der Waals surface area contributed by atoms with E-state index in [2.05, 4.69) is 27.6 Å². The van der Waals surface area contributed by atoms with E-state index in [4.69, 9.17) is 4.74 Å². The van der Waals surface area contributed by atoms with E-state index >= 15 is 0 Å². The van der Waals surface area contributed by atoms with Gasteiger partial charge < -0.3 is 14.9 Å². The van der Waals surface area contributed by atoms with Crippen molar-refractivity contribution >= 4 is 33.5 Å². The van der Waals surface area contributed by atoms with E-state index < -0.39 is 23.2 Å². The number of ether oxygens (including phenoxy) is 1. The van der Waals surface area contributed by atoms with Crippen molar-refractivity contribution in [3.05, 3.63) is 62.9 Å². The van der Waals surface area contributed by atoms with Gasteiger partial charge in [-0.1, -0.05) is 19.9 Å². The molecular weight excluding hydrogens is 479 g/mol. The summed E-state index contributed by atoms with van der Waals surface area (Å²) in [7, 11) is 0. The number of benzene rings is 2. The third-order valence-corrected chi connectivity index (χ3v) is 5.62. The van der Waals surface area contributed by atoms with Crippen LogP contribution in [0.5, 0.6) is 11.5 Å². The molecule has 3 aromatic rings. The zero-order valence-corrected chi connectivity index (χ0v) is 17.8. The van der Waals surface area contributed by atoms with Crippen molar-refractivity contribution in [1.29, 1.82) is 0 Å². The van der Waals surface area contributed by atoms with Gasteiger partial charge in [0.05, 0.1) is 18.4 Å². The highest BCUT2D eigenvalue weighted by Crippen LogP contribution is 2.42. The summed E-state index contributed by atoms with van der Waals surface area (Å²) in [4.78, 5) is 4.15. The monoisotopic (exact) mass is 499 g/mol. The van der Waals surface area contributed by atoms with Gasteiger partial charge in [0.1, 0.15) is 17.0 Å². The molecule has 28 heavy (non-hydrogen) atoms. The second-order valence-corrected chi connectivity index (χ2v) is 8.47. The fourth-order valence-corrected chi connectivity index (χ4v) is 3.59. The Hall–Kier alpha value is -1.84. The van der Waals surface area contributed by atoms with Gasteiger partial charge in [0.15, 0.2) is 11.6 Å². The van der Waals surface area contributed by atoms with Gasteiger partial charge in [0.25, 0.3) is 0 Å². The van der Waals surface area contributed by atoms with E-state index in [1.165, 1.54) is 6.07 Å². The van der Waals surface area contributed by atoms with Crippen molar-refractivity contribution in [2.45, 2.75) is 26.9 Å². The quantitative estimate of drug-likeness (QED) is 0.470. The van der Waals surface area contributed by atoms with Gasteiger partial charge >= 0.3 is 0 Å². The molecular formula is C21H20F2INO3. The summed E-state index contributed by atoms with van der Waals surface area (Å²) in [6.45, 7) is 4.94. The molecule has 0 spiro atoms. The van der Waals surface area contributed by atoms with E-state index in [1.807, 2.05) is 6.07 Å². The highest BCUT2D eigenvalue weighted by Gasteiger charge is 2.32. The van der Waals surface area contributed by atoms with Crippen LogP contribution in [0.15, 0.2) is 36.4 Å². The molecule has 7 heteroatoms. The number of pyridine rings is 1. The summed E-state index contributed by atoms with van der Waals surface area (Å²) in [5.74, 6) is -1.17. The third-order valence-electron chi connectivity index (χ3n) is 4.68. The van der Waals surface area contributed by atoms with E-state index in [0.717, 1.165) is 9.64 Å². The van der Waals surface area contributed by atoms with Gasteiger partial charge in [-0.15, -0.1) is 0 Å². The number of aromatic nitrogens is 1. The Balaban J connectivity index is 2.09.